The first-order chi connectivity index (χ1) is 16.5. The Hall–Kier alpha value is -3.28. The predicted octanol–water partition coefficient (Wildman–Crippen LogP) is 2.12. The Bertz CT molecular complexity index is 1280. The fourth-order valence-electron chi connectivity index (χ4n) is 4.51. The van der Waals surface area contributed by atoms with E-state index in [1.807, 2.05) is 0 Å². The van der Waals surface area contributed by atoms with Crippen LogP contribution in [0.5, 0.6) is 5.88 Å². The molecule has 3 N–H and O–H groups in total. The summed E-state index contributed by atoms with van der Waals surface area (Å²) in [5.74, 6) is -0.0668. The van der Waals surface area contributed by atoms with Crippen LogP contribution in [0.2, 0.25) is 0 Å². The van der Waals surface area contributed by atoms with Crippen LogP contribution in [0.15, 0.2) is 17.2 Å². The molecule has 1 unspecified atom stereocenters. The largest absolute Gasteiger partial charge is 0.476 e. The molecule has 0 bridgehead atoms. The lowest BCUT2D eigenvalue weighted by Gasteiger charge is -2.32. The van der Waals surface area contributed by atoms with Crippen LogP contribution in [-0.4, -0.2) is 49.1 Å². The van der Waals surface area contributed by atoms with Gasteiger partial charge < -0.3 is 20.1 Å². The number of hydrogen-bond donors (Lipinski definition) is 3. The number of ether oxygens (including phenoxy) is 2. The number of sulfonamides is 1. The summed E-state index contributed by atoms with van der Waals surface area (Å²) in [6.07, 6.45) is 4.33. The second-order valence-electron chi connectivity index (χ2n) is 10.1. The molecule has 3 aliphatic rings. The van der Waals surface area contributed by atoms with Gasteiger partial charge in [-0.05, 0) is 68.7 Å². The summed E-state index contributed by atoms with van der Waals surface area (Å²) in [6, 6.07) is 1.37. The van der Waals surface area contributed by atoms with E-state index in [1.165, 1.54) is 15.8 Å². The van der Waals surface area contributed by atoms with E-state index in [-0.39, 0.29) is 29.8 Å². The number of nitrogens with one attached hydrogen (secondary N) is 3. The fourth-order valence-corrected chi connectivity index (χ4v) is 5.50. The lowest BCUT2D eigenvalue weighted by molar-refractivity contribution is 0.0502. The van der Waals surface area contributed by atoms with Gasteiger partial charge in [0.15, 0.2) is 4.90 Å². The van der Waals surface area contributed by atoms with Crippen molar-refractivity contribution in [2.75, 3.05) is 18.5 Å². The second kappa shape index (κ2) is 8.43. The van der Waals surface area contributed by atoms with Crippen LogP contribution < -0.4 is 20.1 Å². The molecule has 0 radical (unpaired) electrons. The monoisotopic (exact) mass is 503 g/mol. The number of nitrogens with zero attached hydrogens (tertiary/aromatic N) is 2. The maximum absolute atomic E-state index is 12.9. The molecule has 12 heteroatoms. The lowest BCUT2D eigenvalue weighted by Crippen LogP contribution is -2.40. The fraction of sp³-hybridized carbons (Fsp3) is 0.522. The third-order valence-electron chi connectivity index (χ3n) is 6.35. The number of benzene rings is 1. The number of anilines is 1. The minimum absolute atomic E-state index is 0.0618. The first kappa shape index (κ1) is 23.5. The number of rotatable bonds is 5. The molecule has 11 nitrogen and oxygen atoms in total. The van der Waals surface area contributed by atoms with Gasteiger partial charge in [0.2, 0.25) is 5.88 Å². The quantitative estimate of drug-likeness (QED) is 0.568. The summed E-state index contributed by atoms with van der Waals surface area (Å²) < 4.78 is 40.3. The number of aryl methyl sites for hydroxylation is 2. The van der Waals surface area contributed by atoms with Crippen LogP contribution in [0.4, 0.5) is 15.3 Å². The summed E-state index contributed by atoms with van der Waals surface area (Å²) >= 11 is 0. The highest BCUT2D eigenvalue weighted by molar-refractivity contribution is 7.90. The number of carbonyl (C=O) groups excluding carboxylic acids is 2. The van der Waals surface area contributed by atoms with Crippen LogP contribution in [0, 0.1) is 5.92 Å². The van der Waals surface area contributed by atoms with Crippen LogP contribution >= 0.6 is 0 Å². The molecular weight excluding hydrogens is 474 g/mol. The molecule has 2 aliphatic carbocycles. The van der Waals surface area contributed by atoms with Gasteiger partial charge >= 0.3 is 12.1 Å². The molecular formula is C23H29N5O6S. The van der Waals surface area contributed by atoms with Gasteiger partial charge in [-0.15, -0.1) is 0 Å². The average Bonchev–Trinajstić information content (AvgIpc) is 3.12. The standard InChI is InChI=1S/C23H29N5O6S/c1-23(2,3)34-22(30)24-9-13-11-28-20(33-12-13)18(10-25-28)35(31,32)27-21(29)26-19-16-6-4-14(16)8-15-5-7-17(15)19/h8,10,13H,4-7,9,11-12H2,1-3H3,(H,24,30)(H2,26,27,29). The third-order valence-corrected chi connectivity index (χ3v) is 7.66. The van der Waals surface area contributed by atoms with Crippen LogP contribution in [0.1, 0.15) is 43.0 Å². The second-order valence-corrected chi connectivity index (χ2v) is 11.8. The van der Waals surface area contributed by atoms with Crippen molar-refractivity contribution in [2.45, 2.75) is 63.5 Å². The Labute approximate surface area is 203 Å². The van der Waals surface area contributed by atoms with Crippen molar-refractivity contribution >= 4 is 27.8 Å². The molecule has 188 valence electrons. The Balaban J connectivity index is 1.22. The Kier molecular flexibility index (Phi) is 5.65. The summed E-state index contributed by atoms with van der Waals surface area (Å²) in [6.45, 7) is 6.13. The number of urea groups is 1. The topological polar surface area (TPSA) is 141 Å². The van der Waals surface area contributed by atoms with Gasteiger partial charge in [-0.1, -0.05) is 6.07 Å². The smallest absolute Gasteiger partial charge is 0.407 e. The molecule has 0 fully saturated rings. The molecule has 1 aliphatic heterocycles. The summed E-state index contributed by atoms with van der Waals surface area (Å²) in [5, 5.41) is 9.57. The Morgan fingerprint density at radius 1 is 1.17 bits per heavy atom. The Morgan fingerprint density at radius 2 is 1.86 bits per heavy atom. The SMILES string of the molecule is CC(C)(C)OC(=O)NCC1COc2c(S(=O)(=O)NC(=O)Nc3c4c(cc5c3CC5)CC4)cnn2C1. The van der Waals surface area contributed by atoms with Crippen molar-refractivity contribution in [1.82, 2.24) is 19.8 Å². The molecule has 1 aromatic carbocycles. The van der Waals surface area contributed by atoms with Crippen LogP contribution in [0.3, 0.4) is 0 Å². The minimum atomic E-state index is -4.21. The van der Waals surface area contributed by atoms with E-state index in [1.54, 1.807) is 20.8 Å². The average molecular weight is 504 g/mol. The first-order valence-electron chi connectivity index (χ1n) is 11.7. The molecule has 2 aromatic rings. The van der Waals surface area contributed by atoms with Crippen molar-refractivity contribution in [1.29, 1.82) is 0 Å². The number of fused-ring (bicyclic) bond motifs is 3. The van der Waals surface area contributed by atoms with E-state index in [4.69, 9.17) is 9.47 Å². The minimum Gasteiger partial charge on any atom is -0.476 e. The number of amides is 3. The molecule has 5 rings (SSSR count). The Morgan fingerprint density at radius 3 is 2.46 bits per heavy atom. The number of alkyl carbamates (subject to hydrolysis) is 1. The van der Waals surface area contributed by atoms with Crippen LogP contribution in [0.25, 0.3) is 0 Å². The van der Waals surface area contributed by atoms with Gasteiger partial charge in [-0.25, -0.2) is 27.4 Å². The first-order valence-corrected chi connectivity index (χ1v) is 13.1. The van der Waals surface area contributed by atoms with Gasteiger partial charge in [-0.3, -0.25) is 0 Å². The molecule has 0 spiro atoms. The summed E-state index contributed by atoms with van der Waals surface area (Å²) in [4.78, 5) is 24.3. The summed E-state index contributed by atoms with van der Waals surface area (Å²) in [7, 11) is -4.21. The van der Waals surface area contributed by atoms with Crippen molar-refractivity contribution < 1.29 is 27.5 Å². The molecule has 1 aromatic heterocycles. The lowest BCUT2D eigenvalue weighted by atomic mass is 9.76. The molecule has 2 heterocycles. The maximum atomic E-state index is 12.9. The van der Waals surface area contributed by atoms with E-state index in [0.29, 0.717) is 6.54 Å². The van der Waals surface area contributed by atoms with Gasteiger partial charge in [0, 0.05) is 18.2 Å². The number of carbonyl (C=O) groups is 2. The van der Waals surface area contributed by atoms with Crippen molar-refractivity contribution in [2.24, 2.45) is 5.92 Å². The van der Waals surface area contributed by atoms with Gasteiger partial charge in [0.25, 0.3) is 10.0 Å². The highest BCUT2D eigenvalue weighted by atomic mass is 32.2. The van der Waals surface area contributed by atoms with E-state index < -0.39 is 27.7 Å². The summed E-state index contributed by atoms with van der Waals surface area (Å²) in [5.41, 5.74) is 4.76. The van der Waals surface area contributed by atoms with Crippen molar-refractivity contribution in [3.8, 4) is 5.88 Å². The zero-order valence-electron chi connectivity index (χ0n) is 19.9. The number of hydrogen-bond acceptors (Lipinski definition) is 7. The van der Waals surface area contributed by atoms with E-state index in [2.05, 4.69) is 26.5 Å². The maximum Gasteiger partial charge on any atom is 0.407 e. The van der Waals surface area contributed by atoms with Crippen molar-refractivity contribution in [3.63, 3.8) is 0 Å². The van der Waals surface area contributed by atoms with Crippen molar-refractivity contribution in [3.05, 3.63) is 34.5 Å². The van der Waals surface area contributed by atoms with Gasteiger partial charge in [0.05, 0.1) is 19.3 Å². The zero-order chi connectivity index (χ0) is 25.0. The van der Waals surface area contributed by atoms with E-state index in [9.17, 15) is 18.0 Å². The molecule has 0 saturated carbocycles. The highest BCUT2D eigenvalue weighted by Gasteiger charge is 2.33. The third kappa shape index (κ3) is 4.66. The van der Waals surface area contributed by atoms with Gasteiger partial charge in [0.1, 0.15) is 5.60 Å². The van der Waals surface area contributed by atoms with E-state index in [0.717, 1.165) is 48.7 Å². The van der Waals surface area contributed by atoms with Crippen LogP contribution in [-0.2, 0) is 47.0 Å². The highest BCUT2D eigenvalue weighted by Crippen LogP contribution is 2.40. The molecule has 1 atom stereocenters. The van der Waals surface area contributed by atoms with Gasteiger partial charge in [-0.2, -0.15) is 5.10 Å². The molecule has 35 heavy (non-hydrogen) atoms. The predicted molar refractivity (Wildman–Crippen MR) is 126 cm³/mol. The van der Waals surface area contributed by atoms with E-state index >= 15 is 0 Å². The molecule has 0 saturated heterocycles. The normalized spacial score (nSPS) is 18.0. The number of aromatic nitrogens is 2. The molecule has 3 amide bonds. The zero-order valence-corrected chi connectivity index (χ0v) is 20.8.